The van der Waals surface area contributed by atoms with E-state index in [9.17, 15) is 9.90 Å². The minimum atomic E-state index is -0.646. The Labute approximate surface area is 127 Å². The molecule has 0 radical (unpaired) electrons. The van der Waals surface area contributed by atoms with Crippen LogP contribution in [0.3, 0.4) is 0 Å². The Bertz CT molecular complexity index is 886. The fourth-order valence-corrected chi connectivity index (χ4v) is 2.07. The first-order chi connectivity index (χ1) is 10.1. The topological polar surface area (TPSA) is 75.7 Å². The molecular weight excluding hydrogens is 336 g/mol. The molecule has 104 valence electrons. The summed E-state index contributed by atoms with van der Waals surface area (Å²) in [4.78, 5) is 20.0. The van der Waals surface area contributed by atoms with Gasteiger partial charge in [-0.3, -0.25) is 0 Å². The highest BCUT2D eigenvalue weighted by Crippen LogP contribution is 2.25. The molecule has 1 N–H and O–H groups in total. The van der Waals surface area contributed by atoms with Crippen molar-refractivity contribution in [3.05, 3.63) is 63.1 Å². The second-order valence-electron chi connectivity index (χ2n) is 4.24. The smallest absolute Gasteiger partial charge is 0.348 e. The van der Waals surface area contributed by atoms with Crippen LogP contribution >= 0.6 is 15.9 Å². The summed E-state index contributed by atoms with van der Waals surface area (Å²) >= 11 is 3.27. The van der Waals surface area contributed by atoms with Crippen molar-refractivity contribution in [2.45, 2.75) is 0 Å². The van der Waals surface area contributed by atoms with Gasteiger partial charge >= 0.3 is 5.63 Å². The molecule has 6 heteroatoms. The molecule has 0 amide bonds. The molecule has 2 heterocycles. The van der Waals surface area contributed by atoms with E-state index in [1.54, 1.807) is 42.6 Å². The zero-order valence-corrected chi connectivity index (χ0v) is 12.2. The number of hydrogen-bond acceptors (Lipinski definition) is 5. The lowest BCUT2D eigenvalue weighted by Crippen LogP contribution is -2.06. The van der Waals surface area contributed by atoms with Crippen LogP contribution in [0.5, 0.6) is 5.75 Å². The zero-order chi connectivity index (χ0) is 14.8. The van der Waals surface area contributed by atoms with E-state index in [0.29, 0.717) is 16.8 Å². The van der Waals surface area contributed by atoms with Crippen LogP contribution in [0.1, 0.15) is 5.56 Å². The van der Waals surface area contributed by atoms with Gasteiger partial charge in [0.15, 0.2) is 5.82 Å². The Morgan fingerprint density at radius 1 is 1.24 bits per heavy atom. The molecule has 1 aromatic carbocycles. The number of pyridine rings is 1. The minimum absolute atomic E-state index is 0.00146. The fraction of sp³-hybridized carbons (Fsp3) is 0. The molecule has 2 aromatic heterocycles. The second kappa shape index (κ2) is 5.49. The van der Waals surface area contributed by atoms with E-state index in [2.05, 4.69) is 25.9 Å². The van der Waals surface area contributed by atoms with E-state index in [1.807, 2.05) is 0 Å². The third-order valence-electron chi connectivity index (χ3n) is 2.86. The Hall–Kier alpha value is -2.47. The van der Waals surface area contributed by atoms with Crippen molar-refractivity contribution in [3.63, 3.8) is 0 Å². The summed E-state index contributed by atoms with van der Waals surface area (Å²) < 4.78 is 5.97. The van der Waals surface area contributed by atoms with E-state index in [1.165, 1.54) is 6.21 Å². The zero-order valence-electron chi connectivity index (χ0n) is 10.7. The van der Waals surface area contributed by atoms with Crippen LogP contribution in [0.2, 0.25) is 0 Å². The molecule has 0 aliphatic rings. The molecule has 0 aliphatic heterocycles. The Balaban J connectivity index is 2.08. The molecule has 0 saturated heterocycles. The average molecular weight is 345 g/mol. The summed E-state index contributed by atoms with van der Waals surface area (Å²) in [6.45, 7) is 0. The number of para-hydroxylation sites is 1. The lowest BCUT2D eigenvalue weighted by molar-refractivity contribution is 0.466. The van der Waals surface area contributed by atoms with Gasteiger partial charge in [0, 0.05) is 16.9 Å². The van der Waals surface area contributed by atoms with Crippen molar-refractivity contribution in [2.24, 2.45) is 4.99 Å². The monoisotopic (exact) mass is 344 g/mol. The highest BCUT2D eigenvalue weighted by atomic mass is 79.9. The van der Waals surface area contributed by atoms with Crippen molar-refractivity contribution < 1.29 is 9.52 Å². The highest BCUT2D eigenvalue weighted by Gasteiger charge is 2.11. The van der Waals surface area contributed by atoms with E-state index in [-0.39, 0.29) is 11.3 Å². The highest BCUT2D eigenvalue weighted by molar-refractivity contribution is 9.10. The maximum Gasteiger partial charge on any atom is 0.348 e. The van der Waals surface area contributed by atoms with Crippen LogP contribution in [0, 0.1) is 0 Å². The van der Waals surface area contributed by atoms with E-state index >= 15 is 0 Å². The molecule has 5 nitrogen and oxygen atoms in total. The van der Waals surface area contributed by atoms with Crippen molar-refractivity contribution in [1.82, 2.24) is 4.98 Å². The van der Waals surface area contributed by atoms with Gasteiger partial charge in [-0.25, -0.2) is 14.8 Å². The number of aromatic hydroxyl groups is 1. The van der Waals surface area contributed by atoms with E-state index in [4.69, 9.17) is 4.42 Å². The van der Waals surface area contributed by atoms with Crippen molar-refractivity contribution in [1.29, 1.82) is 0 Å². The molecule has 0 unspecified atom stereocenters. The normalized spacial score (nSPS) is 11.3. The molecule has 0 atom stereocenters. The van der Waals surface area contributed by atoms with E-state index < -0.39 is 5.63 Å². The summed E-state index contributed by atoms with van der Waals surface area (Å²) in [7, 11) is 0. The van der Waals surface area contributed by atoms with Gasteiger partial charge in [0.05, 0.1) is 5.39 Å². The summed E-state index contributed by atoms with van der Waals surface area (Å²) in [5.41, 5.74) is -0.315. The van der Waals surface area contributed by atoms with Crippen LogP contribution in [0.4, 0.5) is 5.82 Å². The number of hydrogen-bond donors (Lipinski definition) is 1. The van der Waals surface area contributed by atoms with Crippen molar-refractivity contribution >= 4 is 38.9 Å². The first-order valence-electron chi connectivity index (χ1n) is 6.05. The summed E-state index contributed by atoms with van der Waals surface area (Å²) in [6.07, 6.45) is 2.85. The molecule has 0 bridgehead atoms. The van der Waals surface area contributed by atoms with Gasteiger partial charge in [-0.1, -0.05) is 12.1 Å². The quantitative estimate of drug-likeness (QED) is 0.570. The number of nitrogens with zero attached hydrogens (tertiary/aromatic N) is 2. The molecule has 0 spiro atoms. The number of aliphatic imine (C=N–C) groups is 1. The molecule has 21 heavy (non-hydrogen) atoms. The van der Waals surface area contributed by atoms with Crippen LogP contribution < -0.4 is 5.63 Å². The van der Waals surface area contributed by atoms with Crippen LogP contribution in [-0.4, -0.2) is 16.3 Å². The standard InChI is InChI=1S/C15H9BrN2O3/c16-9-5-6-13(17-7-9)18-8-11-14(19)10-3-1-2-4-12(10)21-15(11)20/h1-8,19H. The van der Waals surface area contributed by atoms with Gasteiger partial charge in [0.1, 0.15) is 16.9 Å². The molecule has 0 saturated carbocycles. The van der Waals surface area contributed by atoms with Crippen LogP contribution in [0.25, 0.3) is 11.0 Å². The van der Waals surface area contributed by atoms with E-state index in [0.717, 1.165) is 4.47 Å². The van der Waals surface area contributed by atoms with Crippen LogP contribution in [-0.2, 0) is 0 Å². The van der Waals surface area contributed by atoms with Gasteiger partial charge in [-0.15, -0.1) is 0 Å². The molecule has 3 aromatic rings. The lowest BCUT2D eigenvalue weighted by atomic mass is 10.1. The van der Waals surface area contributed by atoms with Gasteiger partial charge in [0.2, 0.25) is 0 Å². The van der Waals surface area contributed by atoms with Crippen LogP contribution in [0.15, 0.2) is 61.3 Å². The SMILES string of the molecule is O=c1oc2ccccc2c(O)c1C=Nc1ccc(Br)cn1. The largest absolute Gasteiger partial charge is 0.506 e. The number of fused-ring (bicyclic) bond motifs is 1. The minimum Gasteiger partial charge on any atom is -0.506 e. The Morgan fingerprint density at radius 3 is 2.81 bits per heavy atom. The number of aromatic nitrogens is 1. The van der Waals surface area contributed by atoms with Gasteiger partial charge < -0.3 is 9.52 Å². The van der Waals surface area contributed by atoms with Crippen molar-refractivity contribution in [3.8, 4) is 5.75 Å². The third-order valence-corrected chi connectivity index (χ3v) is 3.33. The average Bonchev–Trinajstić information content (AvgIpc) is 2.49. The summed E-state index contributed by atoms with van der Waals surface area (Å²) in [6, 6.07) is 10.2. The van der Waals surface area contributed by atoms with Crippen molar-refractivity contribution in [2.75, 3.05) is 0 Å². The Kier molecular flexibility index (Phi) is 3.53. The third kappa shape index (κ3) is 2.71. The summed E-state index contributed by atoms with van der Waals surface area (Å²) in [5.74, 6) is 0.271. The second-order valence-corrected chi connectivity index (χ2v) is 5.16. The summed E-state index contributed by atoms with van der Waals surface area (Å²) in [5, 5.41) is 10.6. The molecular formula is C15H9BrN2O3. The maximum atomic E-state index is 11.9. The number of halogens is 1. The predicted octanol–water partition coefficient (Wildman–Crippen LogP) is 3.41. The fourth-order valence-electron chi connectivity index (χ4n) is 1.84. The number of rotatable bonds is 2. The first-order valence-corrected chi connectivity index (χ1v) is 6.85. The predicted molar refractivity (Wildman–Crippen MR) is 83.3 cm³/mol. The first kappa shape index (κ1) is 13.5. The van der Waals surface area contributed by atoms with Gasteiger partial charge in [0.25, 0.3) is 0 Å². The molecule has 3 rings (SSSR count). The molecule has 0 aliphatic carbocycles. The van der Waals surface area contributed by atoms with Gasteiger partial charge in [-0.05, 0) is 40.2 Å². The van der Waals surface area contributed by atoms with Gasteiger partial charge in [-0.2, -0.15) is 0 Å². The number of benzene rings is 1. The maximum absolute atomic E-state index is 11.9. The Morgan fingerprint density at radius 2 is 2.05 bits per heavy atom. The molecule has 0 fully saturated rings. The lowest BCUT2D eigenvalue weighted by Gasteiger charge is -2.02.